The fraction of sp³-hybridized carbons (Fsp3) is 0.615. The number of rotatable bonds is 4. The van der Waals surface area contributed by atoms with Crippen LogP contribution in [0.25, 0.3) is 0 Å². The Kier molecular flexibility index (Phi) is 4.93. The molecule has 1 unspecified atom stereocenters. The van der Waals surface area contributed by atoms with E-state index in [1.807, 2.05) is 11.4 Å². The predicted molar refractivity (Wildman–Crippen MR) is 78.0 cm³/mol. The van der Waals surface area contributed by atoms with Gasteiger partial charge in [0, 0.05) is 19.1 Å². The number of likely N-dealkylation sites (tertiary alicyclic amines) is 1. The number of amides is 1. The minimum absolute atomic E-state index is 0.195. The first-order valence-corrected chi connectivity index (χ1v) is 7.46. The van der Waals surface area contributed by atoms with Crippen molar-refractivity contribution < 1.29 is 4.79 Å². The van der Waals surface area contributed by atoms with E-state index in [1.54, 1.807) is 0 Å². The number of carbonyl (C=O) groups is 1. The average Bonchev–Trinajstić information content (AvgIpc) is 2.86. The molecule has 6 heteroatoms. The average molecular weight is 282 g/mol. The van der Waals surface area contributed by atoms with Crippen LogP contribution in [0.1, 0.15) is 28.1 Å². The van der Waals surface area contributed by atoms with Gasteiger partial charge in [-0.05, 0) is 50.5 Å². The van der Waals surface area contributed by atoms with E-state index < -0.39 is 0 Å². The number of hydrogen-bond acceptors (Lipinski definition) is 5. The minimum atomic E-state index is -0.195. The molecule has 0 bridgehead atoms. The molecule has 1 aromatic rings. The standard InChI is InChI=1S/C13H22N4OS/c1-16-6-3-4-11(9-16)17(2)8-10-5-7-19-12(10)13(18)15-14/h5,7,11H,3-4,6,8-9,14H2,1-2H3,(H,15,18). The van der Waals surface area contributed by atoms with Crippen LogP contribution in [0.4, 0.5) is 0 Å². The predicted octanol–water partition coefficient (Wildman–Crippen LogP) is 0.878. The molecule has 5 nitrogen and oxygen atoms in total. The molecule has 106 valence electrons. The van der Waals surface area contributed by atoms with E-state index in [0.717, 1.165) is 23.5 Å². The number of hydrogen-bond donors (Lipinski definition) is 2. The van der Waals surface area contributed by atoms with Gasteiger partial charge in [-0.3, -0.25) is 15.1 Å². The third-order valence-electron chi connectivity index (χ3n) is 3.73. The molecular weight excluding hydrogens is 260 g/mol. The van der Waals surface area contributed by atoms with E-state index in [4.69, 9.17) is 5.84 Å². The first kappa shape index (κ1) is 14.5. The van der Waals surface area contributed by atoms with Gasteiger partial charge in [0.05, 0.1) is 4.88 Å². The van der Waals surface area contributed by atoms with E-state index in [9.17, 15) is 4.79 Å². The fourth-order valence-electron chi connectivity index (χ4n) is 2.62. The molecule has 1 amide bonds. The molecule has 0 aromatic carbocycles. The van der Waals surface area contributed by atoms with Crippen molar-refractivity contribution in [1.82, 2.24) is 15.2 Å². The highest BCUT2D eigenvalue weighted by atomic mass is 32.1. The van der Waals surface area contributed by atoms with Crippen LogP contribution in [0.3, 0.4) is 0 Å². The van der Waals surface area contributed by atoms with Crippen molar-refractivity contribution in [3.8, 4) is 0 Å². The van der Waals surface area contributed by atoms with E-state index in [-0.39, 0.29) is 5.91 Å². The van der Waals surface area contributed by atoms with Crippen LogP contribution < -0.4 is 11.3 Å². The number of likely N-dealkylation sites (N-methyl/N-ethyl adjacent to an activating group) is 2. The highest BCUT2D eigenvalue weighted by Gasteiger charge is 2.22. The molecule has 1 atom stereocenters. The second-order valence-electron chi connectivity index (χ2n) is 5.22. The van der Waals surface area contributed by atoms with E-state index >= 15 is 0 Å². The summed E-state index contributed by atoms with van der Waals surface area (Å²) in [5.41, 5.74) is 3.27. The lowest BCUT2D eigenvalue weighted by Crippen LogP contribution is -2.44. The summed E-state index contributed by atoms with van der Waals surface area (Å²) >= 11 is 1.44. The van der Waals surface area contributed by atoms with Gasteiger partial charge in [-0.1, -0.05) is 0 Å². The Labute approximate surface area is 118 Å². The molecule has 1 fully saturated rings. The molecule has 0 spiro atoms. The highest BCUT2D eigenvalue weighted by molar-refractivity contribution is 7.12. The zero-order chi connectivity index (χ0) is 13.8. The van der Waals surface area contributed by atoms with Gasteiger partial charge in [-0.15, -0.1) is 11.3 Å². The largest absolute Gasteiger partial charge is 0.305 e. The summed E-state index contributed by atoms with van der Waals surface area (Å²) in [4.78, 5) is 17.1. The number of nitrogen functional groups attached to an aromatic ring is 1. The van der Waals surface area contributed by atoms with Crippen molar-refractivity contribution in [3.05, 3.63) is 21.9 Å². The fourth-order valence-corrected chi connectivity index (χ4v) is 3.44. The van der Waals surface area contributed by atoms with Crippen LogP contribution >= 0.6 is 11.3 Å². The van der Waals surface area contributed by atoms with E-state index in [2.05, 4.69) is 29.3 Å². The highest BCUT2D eigenvalue weighted by Crippen LogP contribution is 2.21. The maximum absolute atomic E-state index is 11.7. The lowest BCUT2D eigenvalue weighted by Gasteiger charge is -2.35. The third-order valence-corrected chi connectivity index (χ3v) is 4.68. The molecular formula is C13H22N4OS. The van der Waals surface area contributed by atoms with Crippen LogP contribution in [0.2, 0.25) is 0 Å². The summed E-state index contributed by atoms with van der Waals surface area (Å²) in [6.45, 7) is 3.08. The monoisotopic (exact) mass is 282 g/mol. The van der Waals surface area contributed by atoms with Gasteiger partial charge in [-0.2, -0.15) is 0 Å². The number of nitrogens with zero attached hydrogens (tertiary/aromatic N) is 2. The zero-order valence-corrected chi connectivity index (χ0v) is 12.4. The summed E-state index contributed by atoms with van der Waals surface area (Å²) in [7, 11) is 4.30. The van der Waals surface area contributed by atoms with Crippen molar-refractivity contribution in [3.63, 3.8) is 0 Å². The van der Waals surface area contributed by atoms with Crippen LogP contribution in [0.5, 0.6) is 0 Å². The Bertz CT molecular complexity index is 434. The number of carbonyl (C=O) groups excluding carboxylic acids is 1. The van der Waals surface area contributed by atoms with Crippen LogP contribution in [-0.2, 0) is 6.54 Å². The third kappa shape index (κ3) is 3.54. The summed E-state index contributed by atoms with van der Waals surface area (Å²) in [6, 6.07) is 2.57. The molecule has 0 aliphatic carbocycles. The molecule has 3 N–H and O–H groups in total. The first-order valence-electron chi connectivity index (χ1n) is 6.58. The molecule has 1 aromatic heterocycles. The van der Waals surface area contributed by atoms with Gasteiger partial charge >= 0.3 is 0 Å². The van der Waals surface area contributed by atoms with Crippen LogP contribution in [0.15, 0.2) is 11.4 Å². The van der Waals surface area contributed by atoms with Gasteiger partial charge in [0.15, 0.2) is 0 Å². The lowest BCUT2D eigenvalue weighted by atomic mass is 10.0. The second kappa shape index (κ2) is 6.47. The molecule has 2 rings (SSSR count). The quantitative estimate of drug-likeness (QED) is 0.489. The van der Waals surface area contributed by atoms with Crippen molar-refractivity contribution >= 4 is 17.2 Å². The molecule has 1 saturated heterocycles. The summed E-state index contributed by atoms with van der Waals surface area (Å²) in [6.07, 6.45) is 2.47. The van der Waals surface area contributed by atoms with Crippen LogP contribution in [0, 0.1) is 0 Å². The molecule has 1 aliphatic heterocycles. The second-order valence-corrected chi connectivity index (χ2v) is 6.14. The number of hydrazine groups is 1. The van der Waals surface area contributed by atoms with Gasteiger partial charge in [0.25, 0.3) is 5.91 Å². The molecule has 0 saturated carbocycles. The maximum atomic E-state index is 11.7. The molecule has 1 aliphatic rings. The lowest BCUT2D eigenvalue weighted by molar-refractivity contribution is 0.0953. The van der Waals surface area contributed by atoms with Crippen LogP contribution in [-0.4, -0.2) is 48.9 Å². The molecule has 19 heavy (non-hydrogen) atoms. The Balaban J connectivity index is 2.00. The summed E-state index contributed by atoms with van der Waals surface area (Å²) in [5, 5.41) is 1.95. The Morgan fingerprint density at radius 2 is 2.47 bits per heavy atom. The molecule has 2 heterocycles. The summed E-state index contributed by atoms with van der Waals surface area (Å²) in [5.74, 6) is 5.02. The van der Waals surface area contributed by atoms with Gasteiger partial charge in [0.1, 0.15) is 0 Å². The van der Waals surface area contributed by atoms with E-state index in [0.29, 0.717) is 6.04 Å². The van der Waals surface area contributed by atoms with Crippen molar-refractivity contribution in [2.75, 3.05) is 27.2 Å². The zero-order valence-electron chi connectivity index (χ0n) is 11.6. The SMILES string of the molecule is CN1CCCC(N(C)Cc2ccsc2C(=O)NN)C1. The van der Waals surface area contributed by atoms with Crippen molar-refractivity contribution in [2.45, 2.75) is 25.4 Å². The number of nitrogens with two attached hydrogens (primary N) is 1. The van der Waals surface area contributed by atoms with Crippen molar-refractivity contribution in [1.29, 1.82) is 0 Å². The number of thiophene rings is 1. The summed E-state index contributed by atoms with van der Waals surface area (Å²) < 4.78 is 0. The minimum Gasteiger partial charge on any atom is -0.305 e. The smallest absolute Gasteiger partial charge is 0.275 e. The first-order chi connectivity index (χ1) is 9.11. The number of nitrogens with one attached hydrogen (secondary N) is 1. The van der Waals surface area contributed by atoms with Gasteiger partial charge in [-0.25, -0.2) is 5.84 Å². The molecule has 0 radical (unpaired) electrons. The number of piperidine rings is 1. The van der Waals surface area contributed by atoms with Gasteiger partial charge < -0.3 is 4.90 Å². The van der Waals surface area contributed by atoms with Gasteiger partial charge in [0.2, 0.25) is 0 Å². The maximum Gasteiger partial charge on any atom is 0.275 e. The topological polar surface area (TPSA) is 61.6 Å². The normalized spacial score (nSPS) is 20.7. The Hall–Kier alpha value is -0.950. The van der Waals surface area contributed by atoms with E-state index in [1.165, 1.54) is 30.7 Å². The Morgan fingerprint density at radius 3 is 3.16 bits per heavy atom. The Morgan fingerprint density at radius 1 is 1.68 bits per heavy atom. The van der Waals surface area contributed by atoms with Crippen molar-refractivity contribution in [2.24, 2.45) is 5.84 Å².